The highest BCUT2D eigenvalue weighted by molar-refractivity contribution is 5.27. The van der Waals surface area contributed by atoms with Gasteiger partial charge in [-0.05, 0) is 37.3 Å². The Kier molecular flexibility index (Phi) is 2.93. The molecule has 2 aliphatic carbocycles. The number of benzene rings is 1. The maximum absolute atomic E-state index is 3.75. The second kappa shape index (κ2) is 4.43. The predicted molar refractivity (Wildman–Crippen MR) is 71.2 cm³/mol. The van der Waals surface area contributed by atoms with Crippen molar-refractivity contribution in [2.24, 2.45) is 5.41 Å². The lowest BCUT2D eigenvalue weighted by atomic mass is 10.1. The lowest BCUT2D eigenvalue weighted by Gasteiger charge is -2.15. The third kappa shape index (κ3) is 2.53. The van der Waals surface area contributed by atoms with Gasteiger partial charge in [-0.3, -0.25) is 0 Å². The van der Waals surface area contributed by atoms with Gasteiger partial charge in [-0.2, -0.15) is 0 Å². The number of nitrogens with one attached hydrogen (secondary N) is 2. The molecular formula is C15H22N2. The zero-order valence-electron chi connectivity index (χ0n) is 10.6. The van der Waals surface area contributed by atoms with Crippen molar-refractivity contribution < 1.29 is 0 Å². The Labute approximate surface area is 104 Å². The van der Waals surface area contributed by atoms with Crippen molar-refractivity contribution >= 4 is 0 Å². The number of hydrogen-bond donors (Lipinski definition) is 2. The molecule has 0 saturated heterocycles. The lowest BCUT2D eigenvalue weighted by Crippen LogP contribution is -2.32. The van der Waals surface area contributed by atoms with Gasteiger partial charge in [0.05, 0.1) is 0 Å². The fourth-order valence-corrected chi connectivity index (χ4v) is 2.80. The largest absolute Gasteiger partial charge is 0.319 e. The monoisotopic (exact) mass is 230 g/mol. The van der Waals surface area contributed by atoms with Crippen molar-refractivity contribution in [3.63, 3.8) is 0 Å². The average molecular weight is 230 g/mol. The highest BCUT2D eigenvalue weighted by Crippen LogP contribution is 2.46. The van der Waals surface area contributed by atoms with Crippen LogP contribution in [0, 0.1) is 5.41 Å². The van der Waals surface area contributed by atoms with Crippen LogP contribution in [0.4, 0.5) is 0 Å². The van der Waals surface area contributed by atoms with Crippen LogP contribution >= 0.6 is 0 Å². The van der Waals surface area contributed by atoms with Gasteiger partial charge in [0.2, 0.25) is 0 Å². The summed E-state index contributed by atoms with van der Waals surface area (Å²) in [6, 6.07) is 11.6. The molecule has 2 saturated carbocycles. The molecule has 2 N–H and O–H groups in total. The van der Waals surface area contributed by atoms with Crippen LogP contribution in [-0.4, -0.2) is 26.2 Å². The fraction of sp³-hybridized carbons (Fsp3) is 0.600. The van der Waals surface area contributed by atoms with Gasteiger partial charge in [-0.15, -0.1) is 0 Å². The minimum atomic E-state index is 0.582. The SMILES string of the molecule is CNCC1(CN[C@H]2CC2c2ccccc2)CC1. The highest BCUT2D eigenvalue weighted by atomic mass is 15.0. The first-order valence-corrected chi connectivity index (χ1v) is 6.76. The molecule has 1 aromatic carbocycles. The molecule has 92 valence electrons. The van der Waals surface area contributed by atoms with Crippen LogP contribution in [0.2, 0.25) is 0 Å². The smallest absolute Gasteiger partial charge is 0.0143 e. The molecule has 0 amide bonds. The Morgan fingerprint density at radius 2 is 1.94 bits per heavy atom. The summed E-state index contributed by atoms with van der Waals surface area (Å²) in [6.07, 6.45) is 4.10. The Morgan fingerprint density at radius 3 is 2.59 bits per heavy atom. The predicted octanol–water partition coefficient (Wildman–Crippen LogP) is 2.13. The summed E-state index contributed by atoms with van der Waals surface area (Å²) in [5.41, 5.74) is 2.09. The summed E-state index contributed by atoms with van der Waals surface area (Å²) < 4.78 is 0. The van der Waals surface area contributed by atoms with E-state index in [1.54, 1.807) is 0 Å². The van der Waals surface area contributed by atoms with E-state index >= 15 is 0 Å². The molecule has 1 unspecified atom stereocenters. The Balaban J connectivity index is 1.47. The van der Waals surface area contributed by atoms with Crippen LogP contribution in [0.15, 0.2) is 30.3 Å². The molecule has 2 fully saturated rings. The van der Waals surface area contributed by atoms with E-state index in [2.05, 4.69) is 48.0 Å². The third-order valence-corrected chi connectivity index (χ3v) is 4.27. The van der Waals surface area contributed by atoms with Crippen LogP contribution in [0.25, 0.3) is 0 Å². The first-order valence-electron chi connectivity index (χ1n) is 6.76. The molecule has 17 heavy (non-hydrogen) atoms. The normalized spacial score (nSPS) is 29.0. The maximum Gasteiger partial charge on any atom is 0.0143 e. The molecule has 2 aliphatic rings. The van der Waals surface area contributed by atoms with Crippen LogP contribution < -0.4 is 10.6 Å². The van der Waals surface area contributed by atoms with Crippen LogP contribution in [0.5, 0.6) is 0 Å². The minimum Gasteiger partial charge on any atom is -0.319 e. The van der Waals surface area contributed by atoms with E-state index in [4.69, 9.17) is 0 Å². The molecule has 2 atom stereocenters. The molecule has 2 heteroatoms. The van der Waals surface area contributed by atoms with Gasteiger partial charge in [0.1, 0.15) is 0 Å². The Bertz CT molecular complexity index is 370. The van der Waals surface area contributed by atoms with Crippen molar-refractivity contribution in [2.75, 3.05) is 20.1 Å². The van der Waals surface area contributed by atoms with Gasteiger partial charge in [-0.1, -0.05) is 30.3 Å². The molecule has 2 nitrogen and oxygen atoms in total. The minimum absolute atomic E-state index is 0.582. The van der Waals surface area contributed by atoms with Gasteiger partial charge in [0.25, 0.3) is 0 Å². The van der Waals surface area contributed by atoms with Crippen LogP contribution in [-0.2, 0) is 0 Å². The van der Waals surface area contributed by atoms with Crippen molar-refractivity contribution in [2.45, 2.75) is 31.2 Å². The van der Waals surface area contributed by atoms with Gasteiger partial charge in [-0.25, -0.2) is 0 Å². The first kappa shape index (κ1) is 11.2. The second-order valence-electron chi connectivity index (χ2n) is 5.77. The van der Waals surface area contributed by atoms with E-state index in [9.17, 15) is 0 Å². The molecule has 0 aromatic heterocycles. The Morgan fingerprint density at radius 1 is 1.18 bits per heavy atom. The van der Waals surface area contributed by atoms with Gasteiger partial charge < -0.3 is 10.6 Å². The van der Waals surface area contributed by atoms with E-state index in [1.807, 2.05) is 0 Å². The lowest BCUT2D eigenvalue weighted by molar-refractivity contribution is 0.435. The highest BCUT2D eigenvalue weighted by Gasteiger charge is 2.45. The molecule has 3 rings (SSSR count). The molecule has 0 aliphatic heterocycles. The van der Waals surface area contributed by atoms with Crippen molar-refractivity contribution in [1.82, 2.24) is 10.6 Å². The summed E-state index contributed by atoms with van der Waals surface area (Å²) in [7, 11) is 2.06. The number of rotatable bonds is 6. The molecule has 0 bridgehead atoms. The first-order chi connectivity index (χ1) is 8.33. The zero-order valence-corrected chi connectivity index (χ0v) is 10.6. The summed E-state index contributed by atoms with van der Waals surface area (Å²) in [4.78, 5) is 0. The average Bonchev–Trinajstić information content (AvgIpc) is 3.24. The summed E-state index contributed by atoms with van der Waals surface area (Å²) >= 11 is 0. The van der Waals surface area contributed by atoms with E-state index in [-0.39, 0.29) is 0 Å². The van der Waals surface area contributed by atoms with Crippen LogP contribution in [0.3, 0.4) is 0 Å². The van der Waals surface area contributed by atoms with Gasteiger partial charge in [0.15, 0.2) is 0 Å². The molecule has 0 radical (unpaired) electrons. The number of hydrogen-bond acceptors (Lipinski definition) is 2. The van der Waals surface area contributed by atoms with Crippen LogP contribution in [0.1, 0.15) is 30.7 Å². The second-order valence-corrected chi connectivity index (χ2v) is 5.77. The van der Waals surface area contributed by atoms with Crippen molar-refractivity contribution in [3.8, 4) is 0 Å². The Hall–Kier alpha value is -0.860. The van der Waals surface area contributed by atoms with E-state index in [1.165, 1.54) is 37.9 Å². The van der Waals surface area contributed by atoms with Crippen molar-refractivity contribution in [1.29, 1.82) is 0 Å². The molecule has 0 spiro atoms. The van der Waals surface area contributed by atoms with Gasteiger partial charge in [0, 0.05) is 25.0 Å². The van der Waals surface area contributed by atoms with Crippen molar-refractivity contribution in [3.05, 3.63) is 35.9 Å². The zero-order chi connectivity index (χ0) is 11.7. The summed E-state index contributed by atoms with van der Waals surface area (Å²) in [5.74, 6) is 0.765. The molecule has 0 heterocycles. The quantitative estimate of drug-likeness (QED) is 0.782. The van der Waals surface area contributed by atoms with E-state index in [0.717, 1.165) is 12.0 Å². The van der Waals surface area contributed by atoms with E-state index < -0.39 is 0 Å². The summed E-state index contributed by atoms with van der Waals surface area (Å²) in [6.45, 7) is 2.37. The van der Waals surface area contributed by atoms with Gasteiger partial charge >= 0.3 is 0 Å². The molecule has 1 aromatic rings. The summed E-state index contributed by atoms with van der Waals surface area (Å²) in [5, 5.41) is 7.07. The topological polar surface area (TPSA) is 24.1 Å². The fourth-order valence-electron chi connectivity index (χ4n) is 2.80. The maximum atomic E-state index is 3.75. The van der Waals surface area contributed by atoms with E-state index in [0.29, 0.717) is 5.41 Å². The molecular weight excluding hydrogens is 208 g/mol. The standard InChI is InChI=1S/C15H22N2/c1-16-10-15(7-8-15)11-17-14-9-13(14)12-5-3-2-4-6-12/h2-6,13-14,16-17H,7-11H2,1H3/t13?,14-/m0/s1. The third-order valence-electron chi connectivity index (χ3n) is 4.27.